The Morgan fingerprint density at radius 1 is 0.921 bits per heavy atom. The molecule has 0 aliphatic carbocycles. The first kappa shape index (κ1) is 29.0. The molecule has 2 aromatic carbocycles. The van der Waals surface area contributed by atoms with E-state index < -0.39 is 10.8 Å². The molecule has 0 spiro atoms. The molecule has 4 rings (SSSR count). The molecule has 0 saturated carbocycles. The second-order valence-corrected chi connectivity index (χ2v) is 11.0. The molecule has 2 heterocycles. The summed E-state index contributed by atoms with van der Waals surface area (Å²) in [6.07, 6.45) is 3.20. The first-order valence-corrected chi connectivity index (χ1v) is 13.2. The van der Waals surface area contributed by atoms with Crippen LogP contribution in [0.2, 0.25) is 0 Å². The molecule has 0 saturated heterocycles. The first-order valence-electron chi connectivity index (χ1n) is 13.2. The van der Waals surface area contributed by atoms with E-state index in [1.54, 1.807) is 31.5 Å². The molecular formula is C31H40N2O5. The number of ether oxygens (including phenoxy) is 2. The van der Waals surface area contributed by atoms with Crippen molar-refractivity contribution in [2.75, 3.05) is 20.8 Å². The number of nitrogens with one attached hydrogen (secondary N) is 1. The van der Waals surface area contributed by atoms with Crippen LogP contribution in [-0.2, 0) is 16.6 Å². The maximum absolute atomic E-state index is 13.6. The molecule has 3 aromatic rings. The number of rotatable bonds is 7. The van der Waals surface area contributed by atoms with Gasteiger partial charge in [-0.1, -0.05) is 59.7 Å². The van der Waals surface area contributed by atoms with Gasteiger partial charge in [0.1, 0.15) is 0 Å². The number of hydrogen-bond acceptors (Lipinski definition) is 5. The number of carbonyl (C=O) groups excluding carboxylic acids is 2. The van der Waals surface area contributed by atoms with Crippen LogP contribution in [-0.4, -0.2) is 42.5 Å². The van der Waals surface area contributed by atoms with Crippen molar-refractivity contribution in [3.8, 4) is 11.5 Å². The summed E-state index contributed by atoms with van der Waals surface area (Å²) in [6, 6.07) is 10.9. The number of fused-ring (bicyclic) bond motifs is 2. The van der Waals surface area contributed by atoms with E-state index in [0.29, 0.717) is 52.8 Å². The Hall–Kier alpha value is -3.61. The maximum atomic E-state index is 13.6. The molecule has 7 nitrogen and oxygen atoms in total. The molecule has 38 heavy (non-hydrogen) atoms. The molecule has 0 bridgehead atoms. The van der Waals surface area contributed by atoms with Gasteiger partial charge in [0.2, 0.25) is 5.91 Å². The number of aromatic amines is 1. The minimum atomic E-state index is -0.533. The molecule has 1 aromatic heterocycles. The van der Waals surface area contributed by atoms with Crippen molar-refractivity contribution in [3.05, 3.63) is 69.5 Å². The number of methoxy groups -OCH3 is 2. The molecule has 2 amide bonds. The molecule has 0 fully saturated rings. The van der Waals surface area contributed by atoms with Crippen LogP contribution in [0, 0.1) is 5.41 Å². The van der Waals surface area contributed by atoms with Crippen LogP contribution < -0.4 is 14.9 Å². The number of hydrogen-bond donors (Lipinski definition) is 1. The fraction of sp³-hybridized carbons (Fsp3) is 0.452. The van der Waals surface area contributed by atoms with Crippen LogP contribution in [0.1, 0.15) is 75.9 Å². The topological polar surface area (TPSA) is 88.7 Å². The van der Waals surface area contributed by atoms with E-state index in [9.17, 15) is 14.4 Å². The van der Waals surface area contributed by atoms with E-state index in [1.807, 2.05) is 59.7 Å². The molecule has 1 aliphatic rings. The number of aryl methyl sites for hydroxylation is 1. The van der Waals surface area contributed by atoms with Crippen molar-refractivity contribution < 1.29 is 19.1 Å². The fourth-order valence-corrected chi connectivity index (χ4v) is 5.57. The predicted molar refractivity (Wildman–Crippen MR) is 151 cm³/mol. The number of H-pyrrole nitrogens is 1. The number of pyridine rings is 1. The lowest BCUT2D eigenvalue weighted by Crippen LogP contribution is -2.44. The average molecular weight is 521 g/mol. The van der Waals surface area contributed by atoms with E-state index in [1.165, 1.54) is 12.0 Å². The van der Waals surface area contributed by atoms with Crippen LogP contribution >= 0.6 is 0 Å². The summed E-state index contributed by atoms with van der Waals surface area (Å²) in [5.74, 6) is 0.627. The van der Waals surface area contributed by atoms with Crippen LogP contribution in [0.5, 0.6) is 11.5 Å². The zero-order valence-electron chi connectivity index (χ0n) is 23.9. The number of aromatic nitrogens is 1. The number of amides is 2. The van der Waals surface area contributed by atoms with Crippen molar-refractivity contribution in [2.45, 2.75) is 66.2 Å². The summed E-state index contributed by atoms with van der Waals surface area (Å²) in [4.78, 5) is 44.5. The molecule has 1 aliphatic heterocycles. The van der Waals surface area contributed by atoms with Crippen molar-refractivity contribution in [3.63, 3.8) is 0 Å². The normalized spacial score (nSPS) is 13.9. The van der Waals surface area contributed by atoms with Gasteiger partial charge in [0, 0.05) is 41.7 Å². The Bertz CT molecular complexity index is 1390. The third-order valence-electron chi connectivity index (χ3n) is 7.02. The lowest BCUT2D eigenvalue weighted by atomic mass is 9.71. The van der Waals surface area contributed by atoms with Gasteiger partial charge in [-0.05, 0) is 41.4 Å². The Labute approximate surface area is 225 Å². The quantitative estimate of drug-likeness (QED) is 0.393. The van der Waals surface area contributed by atoms with Gasteiger partial charge >= 0.3 is 0 Å². The molecule has 0 atom stereocenters. The number of carbonyl (C=O) groups is 2. The second-order valence-electron chi connectivity index (χ2n) is 11.0. The average Bonchev–Trinajstić information content (AvgIpc) is 3.00. The lowest BCUT2D eigenvalue weighted by Gasteiger charge is -2.37. The Morgan fingerprint density at radius 3 is 2.21 bits per heavy atom. The van der Waals surface area contributed by atoms with Crippen molar-refractivity contribution >= 4 is 22.7 Å². The highest BCUT2D eigenvalue weighted by Crippen LogP contribution is 2.38. The summed E-state index contributed by atoms with van der Waals surface area (Å²) >= 11 is 0. The van der Waals surface area contributed by atoms with Crippen molar-refractivity contribution in [2.24, 2.45) is 5.41 Å². The molecule has 7 heteroatoms. The highest BCUT2D eigenvalue weighted by atomic mass is 16.5. The predicted octanol–water partition coefficient (Wildman–Crippen LogP) is 5.88. The summed E-state index contributed by atoms with van der Waals surface area (Å²) in [5, 5.41) is 0.519. The minimum Gasteiger partial charge on any atom is -0.493 e. The zero-order chi connectivity index (χ0) is 28.3. The summed E-state index contributed by atoms with van der Waals surface area (Å²) in [5.41, 5.74) is 1.74. The molecule has 1 N–H and O–H groups in total. The summed E-state index contributed by atoms with van der Waals surface area (Å²) < 4.78 is 10.8. The van der Waals surface area contributed by atoms with Gasteiger partial charge in [-0.2, -0.15) is 0 Å². The van der Waals surface area contributed by atoms with Gasteiger partial charge in [0.05, 0.1) is 19.7 Å². The zero-order valence-corrected chi connectivity index (χ0v) is 23.9. The standard InChI is InChI=1S/C29H34N2O5.C2H6/c1-28(2,17-31-25(32)12-11-18-9-7-8-10-19(18)27(31)34)16-29(3,4)21-15-30-22-14-24(36-6)23(35-5)13-20(22)26(21)33;1-2/h7-10,13-15H,11-12,16-17H2,1-6H3,(H,30,33);1-2H3. The number of imide groups is 1. The first-order chi connectivity index (χ1) is 18.0. The van der Waals surface area contributed by atoms with E-state index >= 15 is 0 Å². The summed E-state index contributed by atoms with van der Waals surface area (Å²) in [6.45, 7) is 12.4. The Balaban J connectivity index is 0.00000195. The number of benzene rings is 2. The maximum Gasteiger partial charge on any atom is 0.260 e. The molecule has 204 valence electrons. The van der Waals surface area contributed by atoms with E-state index in [0.717, 1.165) is 5.56 Å². The minimum absolute atomic E-state index is 0.0821. The number of nitrogens with zero attached hydrogens (tertiary/aromatic N) is 1. The monoisotopic (exact) mass is 520 g/mol. The lowest BCUT2D eigenvalue weighted by molar-refractivity contribution is -0.129. The summed E-state index contributed by atoms with van der Waals surface area (Å²) in [7, 11) is 3.09. The largest absolute Gasteiger partial charge is 0.493 e. The highest BCUT2D eigenvalue weighted by Gasteiger charge is 2.37. The van der Waals surface area contributed by atoms with Gasteiger partial charge < -0.3 is 14.5 Å². The van der Waals surface area contributed by atoms with Crippen LogP contribution in [0.15, 0.2) is 47.4 Å². The third-order valence-corrected chi connectivity index (χ3v) is 7.02. The smallest absolute Gasteiger partial charge is 0.260 e. The van der Waals surface area contributed by atoms with Crippen LogP contribution in [0.3, 0.4) is 0 Å². The van der Waals surface area contributed by atoms with Gasteiger partial charge in [-0.3, -0.25) is 19.3 Å². The Morgan fingerprint density at radius 2 is 1.55 bits per heavy atom. The van der Waals surface area contributed by atoms with E-state index in [-0.39, 0.29) is 23.8 Å². The van der Waals surface area contributed by atoms with E-state index in [2.05, 4.69) is 4.98 Å². The van der Waals surface area contributed by atoms with Gasteiger partial charge in [-0.25, -0.2) is 0 Å². The SMILES string of the molecule is CC.COc1cc2[nH]cc(C(C)(C)CC(C)(C)CN3C(=O)CCc4ccccc4C3=O)c(=O)c2cc1OC. The van der Waals surface area contributed by atoms with Gasteiger partial charge in [0.15, 0.2) is 16.9 Å². The van der Waals surface area contributed by atoms with Gasteiger partial charge in [-0.15, -0.1) is 0 Å². The highest BCUT2D eigenvalue weighted by molar-refractivity contribution is 6.06. The molecule has 0 radical (unpaired) electrons. The van der Waals surface area contributed by atoms with Crippen molar-refractivity contribution in [1.82, 2.24) is 9.88 Å². The fourth-order valence-electron chi connectivity index (χ4n) is 5.57. The Kier molecular flexibility index (Phi) is 8.70. The van der Waals surface area contributed by atoms with E-state index in [4.69, 9.17) is 9.47 Å². The van der Waals surface area contributed by atoms with Crippen LogP contribution in [0.25, 0.3) is 10.9 Å². The molecular weight excluding hydrogens is 480 g/mol. The van der Waals surface area contributed by atoms with Crippen LogP contribution in [0.4, 0.5) is 0 Å². The van der Waals surface area contributed by atoms with Crippen molar-refractivity contribution in [1.29, 1.82) is 0 Å². The van der Waals surface area contributed by atoms with Gasteiger partial charge in [0.25, 0.3) is 5.91 Å². The molecule has 0 unspecified atom stereocenters. The second kappa shape index (κ2) is 11.4. The third kappa shape index (κ3) is 5.77.